The minimum absolute atomic E-state index is 0.124. The number of ether oxygens (including phenoxy) is 3. The molecule has 19 heavy (non-hydrogen) atoms. The summed E-state index contributed by atoms with van der Waals surface area (Å²) in [4.78, 5) is 14.5. The summed E-state index contributed by atoms with van der Waals surface area (Å²) >= 11 is 0. The first-order chi connectivity index (χ1) is 9.30. The standard InChI is InChI=1S/C14H17NO4/c16-9-11-1-2-13(8-15-11)19-12-3-5-18-14(7-12)4-6-17-10-14/h1-2,8-9,12H,3-7,10H2. The Hall–Kier alpha value is -1.46. The molecule has 0 amide bonds. The lowest BCUT2D eigenvalue weighted by Crippen LogP contribution is -2.44. The number of nitrogens with zero attached hydrogens (tertiary/aromatic N) is 1. The topological polar surface area (TPSA) is 57.7 Å². The van der Waals surface area contributed by atoms with Crippen molar-refractivity contribution in [2.24, 2.45) is 0 Å². The normalized spacial score (nSPS) is 30.4. The number of pyridine rings is 1. The van der Waals surface area contributed by atoms with Crippen LogP contribution < -0.4 is 4.74 Å². The molecule has 5 nitrogen and oxygen atoms in total. The Balaban J connectivity index is 1.63. The van der Waals surface area contributed by atoms with Gasteiger partial charge in [0.05, 0.1) is 25.0 Å². The highest BCUT2D eigenvalue weighted by Gasteiger charge is 2.41. The molecule has 0 radical (unpaired) electrons. The van der Waals surface area contributed by atoms with Crippen molar-refractivity contribution in [2.45, 2.75) is 31.0 Å². The molecule has 1 aromatic heterocycles. The predicted octanol–water partition coefficient (Wildman–Crippen LogP) is 1.61. The molecule has 0 N–H and O–H groups in total. The lowest BCUT2D eigenvalue weighted by Gasteiger charge is -2.36. The van der Waals surface area contributed by atoms with Gasteiger partial charge >= 0.3 is 0 Å². The van der Waals surface area contributed by atoms with E-state index in [0.717, 1.165) is 32.2 Å². The average molecular weight is 263 g/mol. The number of carbonyl (C=O) groups excluding carboxylic acids is 1. The summed E-state index contributed by atoms with van der Waals surface area (Å²) in [6.45, 7) is 2.13. The number of carbonyl (C=O) groups is 1. The molecule has 0 bridgehead atoms. The zero-order chi connectivity index (χ0) is 13.1. The SMILES string of the molecule is O=Cc1ccc(OC2CCOC3(CCOC3)C2)cn1. The fourth-order valence-electron chi connectivity index (χ4n) is 2.67. The van der Waals surface area contributed by atoms with Gasteiger partial charge in [0.25, 0.3) is 0 Å². The van der Waals surface area contributed by atoms with Gasteiger partial charge in [-0.05, 0) is 12.1 Å². The van der Waals surface area contributed by atoms with Crippen LogP contribution in [0.3, 0.4) is 0 Å². The molecule has 2 atom stereocenters. The first-order valence-corrected chi connectivity index (χ1v) is 6.59. The summed E-state index contributed by atoms with van der Waals surface area (Å²) in [5, 5.41) is 0. The quantitative estimate of drug-likeness (QED) is 0.775. The third-order valence-corrected chi connectivity index (χ3v) is 3.70. The molecule has 1 aromatic rings. The van der Waals surface area contributed by atoms with Gasteiger partial charge in [-0.25, -0.2) is 4.98 Å². The van der Waals surface area contributed by atoms with E-state index in [2.05, 4.69) is 4.98 Å². The second kappa shape index (κ2) is 5.27. The van der Waals surface area contributed by atoms with Crippen molar-refractivity contribution in [3.8, 4) is 5.75 Å². The Morgan fingerprint density at radius 2 is 2.37 bits per heavy atom. The lowest BCUT2D eigenvalue weighted by molar-refractivity contribution is -0.112. The molecule has 102 valence electrons. The van der Waals surface area contributed by atoms with Gasteiger partial charge in [0.2, 0.25) is 0 Å². The number of rotatable bonds is 3. The van der Waals surface area contributed by atoms with Crippen LogP contribution in [0.5, 0.6) is 5.75 Å². The van der Waals surface area contributed by atoms with E-state index in [1.165, 1.54) is 0 Å². The Kier molecular flexibility index (Phi) is 3.48. The van der Waals surface area contributed by atoms with E-state index in [-0.39, 0.29) is 11.7 Å². The molecule has 0 saturated carbocycles. The van der Waals surface area contributed by atoms with Crippen LogP contribution >= 0.6 is 0 Å². The van der Waals surface area contributed by atoms with E-state index in [4.69, 9.17) is 14.2 Å². The summed E-state index contributed by atoms with van der Waals surface area (Å²) in [5.74, 6) is 0.701. The van der Waals surface area contributed by atoms with Gasteiger partial charge in [0, 0.05) is 25.9 Å². The van der Waals surface area contributed by atoms with Gasteiger partial charge in [0.1, 0.15) is 17.5 Å². The van der Waals surface area contributed by atoms with Crippen LogP contribution in [-0.4, -0.2) is 42.8 Å². The van der Waals surface area contributed by atoms with Crippen molar-refractivity contribution in [1.29, 1.82) is 0 Å². The Labute approximate surface area is 111 Å². The molecule has 1 spiro atoms. The van der Waals surface area contributed by atoms with Gasteiger partial charge in [-0.2, -0.15) is 0 Å². The Morgan fingerprint density at radius 3 is 3.05 bits per heavy atom. The Morgan fingerprint density at radius 1 is 1.42 bits per heavy atom. The first-order valence-electron chi connectivity index (χ1n) is 6.59. The minimum atomic E-state index is -0.154. The average Bonchev–Trinajstić information content (AvgIpc) is 2.88. The maximum atomic E-state index is 10.5. The first kappa shape index (κ1) is 12.6. The lowest BCUT2D eigenvalue weighted by atomic mass is 9.91. The number of aldehydes is 1. The van der Waals surface area contributed by atoms with Crippen molar-refractivity contribution < 1.29 is 19.0 Å². The maximum Gasteiger partial charge on any atom is 0.168 e. The predicted molar refractivity (Wildman–Crippen MR) is 67.4 cm³/mol. The summed E-state index contributed by atoms with van der Waals surface area (Å²) in [6, 6.07) is 3.44. The van der Waals surface area contributed by atoms with Crippen LogP contribution in [0.4, 0.5) is 0 Å². The molecule has 2 unspecified atom stereocenters. The molecular formula is C14H17NO4. The smallest absolute Gasteiger partial charge is 0.168 e. The summed E-state index contributed by atoms with van der Waals surface area (Å²) in [6.07, 6.45) is 5.11. The van der Waals surface area contributed by atoms with Crippen LogP contribution in [0, 0.1) is 0 Å². The van der Waals surface area contributed by atoms with Crippen molar-refractivity contribution in [3.63, 3.8) is 0 Å². The molecular weight excluding hydrogens is 246 g/mol. The van der Waals surface area contributed by atoms with E-state index in [1.54, 1.807) is 18.3 Å². The van der Waals surface area contributed by atoms with E-state index in [0.29, 0.717) is 24.7 Å². The summed E-state index contributed by atoms with van der Waals surface area (Å²) < 4.78 is 17.2. The minimum Gasteiger partial charge on any atom is -0.489 e. The third kappa shape index (κ3) is 2.77. The molecule has 0 aromatic carbocycles. The van der Waals surface area contributed by atoms with Crippen LogP contribution in [0.1, 0.15) is 29.8 Å². The highest BCUT2D eigenvalue weighted by Crippen LogP contribution is 2.34. The number of hydrogen-bond donors (Lipinski definition) is 0. The summed E-state index contributed by atoms with van der Waals surface area (Å²) in [5.41, 5.74) is 0.263. The third-order valence-electron chi connectivity index (χ3n) is 3.70. The maximum absolute atomic E-state index is 10.5. The van der Waals surface area contributed by atoms with Gasteiger partial charge in [0.15, 0.2) is 6.29 Å². The fraction of sp³-hybridized carbons (Fsp3) is 0.571. The summed E-state index contributed by atoms with van der Waals surface area (Å²) in [7, 11) is 0. The Bertz CT molecular complexity index is 439. The van der Waals surface area contributed by atoms with Crippen molar-refractivity contribution in [3.05, 3.63) is 24.0 Å². The fourth-order valence-corrected chi connectivity index (χ4v) is 2.67. The molecule has 2 saturated heterocycles. The van der Waals surface area contributed by atoms with Crippen LogP contribution in [-0.2, 0) is 9.47 Å². The zero-order valence-corrected chi connectivity index (χ0v) is 10.7. The van der Waals surface area contributed by atoms with E-state index >= 15 is 0 Å². The second-order valence-corrected chi connectivity index (χ2v) is 5.10. The highest BCUT2D eigenvalue weighted by atomic mass is 16.6. The second-order valence-electron chi connectivity index (χ2n) is 5.10. The van der Waals surface area contributed by atoms with Gasteiger partial charge in [-0.1, -0.05) is 0 Å². The largest absolute Gasteiger partial charge is 0.489 e. The van der Waals surface area contributed by atoms with Gasteiger partial charge in [-0.3, -0.25) is 4.79 Å². The van der Waals surface area contributed by atoms with Crippen molar-refractivity contribution in [2.75, 3.05) is 19.8 Å². The molecule has 2 fully saturated rings. The van der Waals surface area contributed by atoms with Crippen LogP contribution in [0.15, 0.2) is 18.3 Å². The van der Waals surface area contributed by atoms with Crippen LogP contribution in [0.2, 0.25) is 0 Å². The van der Waals surface area contributed by atoms with Gasteiger partial charge < -0.3 is 14.2 Å². The number of hydrogen-bond acceptors (Lipinski definition) is 5. The zero-order valence-electron chi connectivity index (χ0n) is 10.7. The van der Waals surface area contributed by atoms with Crippen molar-refractivity contribution >= 4 is 6.29 Å². The van der Waals surface area contributed by atoms with E-state index in [9.17, 15) is 4.79 Å². The van der Waals surface area contributed by atoms with Gasteiger partial charge in [-0.15, -0.1) is 0 Å². The monoisotopic (exact) mass is 263 g/mol. The molecule has 3 heterocycles. The number of aromatic nitrogens is 1. The molecule has 2 aliphatic rings. The van der Waals surface area contributed by atoms with E-state index < -0.39 is 0 Å². The van der Waals surface area contributed by atoms with Crippen molar-refractivity contribution in [1.82, 2.24) is 4.98 Å². The molecule has 5 heteroatoms. The molecule has 2 aliphatic heterocycles. The molecule has 3 rings (SSSR count). The van der Waals surface area contributed by atoms with Crippen LogP contribution in [0.25, 0.3) is 0 Å². The molecule has 0 aliphatic carbocycles. The highest BCUT2D eigenvalue weighted by molar-refractivity contribution is 5.71. The van der Waals surface area contributed by atoms with E-state index in [1.807, 2.05) is 0 Å².